The first-order valence-electron chi connectivity index (χ1n) is 3.53. The van der Waals surface area contributed by atoms with E-state index in [1.165, 1.54) is 11.3 Å². The van der Waals surface area contributed by atoms with E-state index in [0.717, 1.165) is 17.5 Å². The molecular weight excluding hydrogens is 158 g/mol. The standard InChI is InChI=1S/C8H11NOS/c1-3-6-4-11-8(9)7(6)5(2)10/h4H,3,9H2,1-2H3. The zero-order valence-corrected chi connectivity index (χ0v) is 7.49. The molecule has 1 aromatic rings. The van der Waals surface area contributed by atoms with E-state index in [1.807, 2.05) is 12.3 Å². The molecule has 0 unspecified atom stereocenters. The Labute approximate surface area is 70.0 Å². The maximum atomic E-state index is 11.0. The number of thiophene rings is 1. The second-order valence-electron chi connectivity index (χ2n) is 2.41. The normalized spacial score (nSPS) is 10.0. The lowest BCUT2D eigenvalue weighted by Gasteiger charge is -1.96. The van der Waals surface area contributed by atoms with Crippen LogP contribution in [0.3, 0.4) is 0 Å². The van der Waals surface area contributed by atoms with Crippen molar-refractivity contribution in [2.24, 2.45) is 0 Å². The lowest BCUT2D eigenvalue weighted by Crippen LogP contribution is -1.98. The summed E-state index contributed by atoms with van der Waals surface area (Å²) in [5, 5.41) is 2.60. The first-order valence-corrected chi connectivity index (χ1v) is 4.41. The molecule has 1 rings (SSSR count). The van der Waals surface area contributed by atoms with Crippen LogP contribution in [0.15, 0.2) is 5.38 Å². The summed E-state index contributed by atoms with van der Waals surface area (Å²) in [4.78, 5) is 11.0. The highest BCUT2D eigenvalue weighted by atomic mass is 32.1. The van der Waals surface area contributed by atoms with Crippen LogP contribution < -0.4 is 5.73 Å². The number of anilines is 1. The fourth-order valence-electron chi connectivity index (χ4n) is 1.07. The van der Waals surface area contributed by atoms with Crippen molar-refractivity contribution < 1.29 is 4.79 Å². The Bertz CT molecular complexity index is 278. The zero-order valence-electron chi connectivity index (χ0n) is 6.68. The molecule has 0 aliphatic heterocycles. The van der Waals surface area contributed by atoms with Crippen LogP contribution in [0.1, 0.15) is 29.8 Å². The Hall–Kier alpha value is -0.830. The molecule has 3 heteroatoms. The highest BCUT2D eigenvalue weighted by molar-refractivity contribution is 7.14. The highest BCUT2D eigenvalue weighted by Gasteiger charge is 2.11. The van der Waals surface area contributed by atoms with Gasteiger partial charge >= 0.3 is 0 Å². The van der Waals surface area contributed by atoms with Gasteiger partial charge in [-0.05, 0) is 24.3 Å². The topological polar surface area (TPSA) is 43.1 Å². The number of nitrogens with two attached hydrogens (primary N) is 1. The lowest BCUT2D eigenvalue weighted by molar-refractivity contribution is 0.101. The molecule has 0 saturated carbocycles. The first-order chi connectivity index (χ1) is 5.16. The van der Waals surface area contributed by atoms with Crippen molar-refractivity contribution >= 4 is 22.1 Å². The minimum Gasteiger partial charge on any atom is -0.390 e. The quantitative estimate of drug-likeness (QED) is 0.689. The lowest BCUT2D eigenvalue weighted by atomic mass is 10.1. The molecule has 60 valence electrons. The predicted molar refractivity (Wildman–Crippen MR) is 48.1 cm³/mol. The van der Waals surface area contributed by atoms with E-state index in [0.29, 0.717) is 5.00 Å². The van der Waals surface area contributed by atoms with Crippen molar-refractivity contribution in [1.29, 1.82) is 0 Å². The van der Waals surface area contributed by atoms with Crippen LogP contribution in [0.5, 0.6) is 0 Å². The molecule has 2 N–H and O–H groups in total. The van der Waals surface area contributed by atoms with Gasteiger partial charge in [-0.15, -0.1) is 11.3 Å². The molecule has 0 spiro atoms. The molecular formula is C8H11NOS. The molecule has 1 heterocycles. The Morgan fingerprint density at radius 1 is 1.73 bits per heavy atom. The van der Waals surface area contributed by atoms with Crippen LogP contribution in [0.4, 0.5) is 5.00 Å². The minimum atomic E-state index is 0.0700. The SMILES string of the molecule is CCc1csc(N)c1C(C)=O. The number of Topliss-reactive ketones (excluding diaryl/α,β-unsaturated/α-hetero) is 1. The smallest absolute Gasteiger partial charge is 0.163 e. The summed E-state index contributed by atoms with van der Waals surface area (Å²) >= 11 is 1.44. The first kappa shape index (κ1) is 8.27. The van der Waals surface area contributed by atoms with E-state index in [2.05, 4.69) is 0 Å². The van der Waals surface area contributed by atoms with Gasteiger partial charge in [0.25, 0.3) is 0 Å². The monoisotopic (exact) mass is 169 g/mol. The second kappa shape index (κ2) is 3.05. The Morgan fingerprint density at radius 3 is 2.73 bits per heavy atom. The van der Waals surface area contributed by atoms with Gasteiger partial charge in [-0.3, -0.25) is 4.79 Å². The van der Waals surface area contributed by atoms with Gasteiger partial charge in [0.1, 0.15) is 0 Å². The Morgan fingerprint density at radius 2 is 2.36 bits per heavy atom. The van der Waals surface area contributed by atoms with Crippen molar-refractivity contribution in [2.75, 3.05) is 5.73 Å². The van der Waals surface area contributed by atoms with Crippen molar-refractivity contribution in [3.8, 4) is 0 Å². The fourth-order valence-corrected chi connectivity index (χ4v) is 2.02. The van der Waals surface area contributed by atoms with Crippen molar-refractivity contribution in [1.82, 2.24) is 0 Å². The average molecular weight is 169 g/mol. The third-order valence-corrected chi connectivity index (χ3v) is 2.49. The molecule has 0 amide bonds. The number of hydrogen-bond acceptors (Lipinski definition) is 3. The summed E-state index contributed by atoms with van der Waals surface area (Å²) < 4.78 is 0. The van der Waals surface area contributed by atoms with Crippen molar-refractivity contribution in [2.45, 2.75) is 20.3 Å². The number of rotatable bonds is 2. The van der Waals surface area contributed by atoms with Crippen LogP contribution in [-0.2, 0) is 6.42 Å². The van der Waals surface area contributed by atoms with E-state index in [4.69, 9.17) is 5.73 Å². The molecule has 11 heavy (non-hydrogen) atoms. The van der Waals surface area contributed by atoms with Gasteiger partial charge in [0.05, 0.1) is 10.6 Å². The molecule has 0 aliphatic rings. The summed E-state index contributed by atoms with van der Waals surface area (Å²) in [6, 6.07) is 0. The fraction of sp³-hybridized carbons (Fsp3) is 0.375. The highest BCUT2D eigenvalue weighted by Crippen LogP contribution is 2.25. The van der Waals surface area contributed by atoms with Gasteiger partial charge in [-0.25, -0.2) is 0 Å². The number of ketones is 1. The van der Waals surface area contributed by atoms with Crippen molar-refractivity contribution in [3.05, 3.63) is 16.5 Å². The summed E-state index contributed by atoms with van der Waals surface area (Å²) in [6.45, 7) is 3.57. The van der Waals surface area contributed by atoms with Crippen LogP contribution in [0, 0.1) is 0 Å². The molecule has 0 saturated heterocycles. The number of carbonyl (C=O) groups is 1. The van der Waals surface area contributed by atoms with E-state index in [9.17, 15) is 4.79 Å². The Kier molecular flexibility index (Phi) is 2.29. The maximum Gasteiger partial charge on any atom is 0.163 e. The summed E-state index contributed by atoms with van der Waals surface area (Å²) in [5.74, 6) is 0.0700. The molecule has 2 nitrogen and oxygen atoms in total. The van der Waals surface area contributed by atoms with Gasteiger partial charge in [-0.1, -0.05) is 6.92 Å². The van der Waals surface area contributed by atoms with Crippen LogP contribution in [0.25, 0.3) is 0 Å². The van der Waals surface area contributed by atoms with E-state index in [-0.39, 0.29) is 5.78 Å². The summed E-state index contributed by atoms with van der Waals surface area (Å²) in [7, 11) is 0. The van der Waals surface area contributed by atoms with Gasteiger partial charge in [0, 0.05) is 0 Å². The number of aryl methyl sites for hydroxylation is 1. The number of nitrogen functional groups attached to an aromatic ring is 1. The third kappa shape index (κ3) is 1.43. The van der Waals surface area contributed by atoms with Crippen LogP contribution in [-0.4, -0.2) is 5.78 Å². The van der Waals surface area contributed by atoms with Gasteiger partial charge in [0.15, 0.2) is 5.78 Å². The molecule has 0 aliphatic carbocycles. The molecule has 1 aromatic heterocycles. The molecule has 0 radical (unpaired) electrons. The number of carbonyl (C=O) groups excluding carboxylic acids is 1. The largest absolute Gasteiger partial charge is 0.390 e. The van der Waals surface area contributed by atoms with Gasteiger partial charge in [0.2, 0.25) is 0 Å². The number of hydrogen-bond donors (Lipinski definition) is 1. The average Bonchev–Trinajstić information content (AvgIpc) is 2.30. The van der Waals surface area contributed by atoms with E-state index in [1.54, 1.807) is 6.92 Å². The van der Waals surface area contributed by atoms with Gasteiger partial charge < -0.3 is 5.73 Å². The van der Waals surface area contributed by atoms with E-state index < -0.39 is 0 Å². The summed E-state index contributed by atoms with van der Waals surface area (Å²) in [6.07, 6.45) is 0.878. The molecule has 0 atom stereocenters. The minimum absolute atomic E-state index is 0.0700. The molecule has 0 fully saturated rings. The van der Waals surface area contributed by atoms with Crippen LogP contribution in [0.2, 0.25) is 0 Å². The van der Waals surface area contributed by atoms with E-state index >= 15 is 0 Å². The van der Waals surface area contributed by atoms with Crippen molar-refractivity contribution in [3.63, 3.8) is 0 Å². The van der Waals surface area contributed by atoms with Crippen LogP contribution >= 0.6 is 11.3 Å². The molecule has 0 bridgehead atoms. The second-order valence-corrected chi connectivity index (χ2v) is 3.32. The predicted octanol–water partition coefficient (Wildman–Crippen LogP) is 2.10. The summed E-state index contributed by atoms with van der Waals surface area (Å²) in [5.41, 5.74) is 7.40. The zero-order chi connectivity index (χ0) is 8.43. The maximum absolute atomic E-state index is 11.0. The Balaban J connectivity index is 3.17. The molecule has 0 aromatic carbocycles. The van der Waals surface area contributed by atoms with Gasteiger partial charge in [-0.2, -0.15) is 0 Å². The third-order valence-electron chi connectivity index (χ3n) is 1.63.